The van der Waals surface area contributed by atoms with Crippen LogP contribution in [0.15, 0.2) is 22.9 Å². The smallest absolute Gasteiger partial charge is 0.0944 e. The lowest BCUT2D eigenvalue weighted by atomic mass is 9.93. The quantitative estimate of drug-likeness (QED) is 0.658. The van der Waals surface area contributed by atoms with Crippen molar-refractivity contribution >= 4 is 22.7 Å². The zero-order valence-electron chi connectivity index (χ0n) is 11.6. The maximum Gasteiger partial charge on any atom is 0.0944 e. The number of aromatic nitrogens is 1. The van der Waals surface area contributed by atoms with E-state index in [2.05, 4.69) is 49.1 Å². The second-order valence-corrected chi connectivity index (χ2v) is 7.70. The summed E-state index contributed by atoms with van der Waals surface area (Å²) in [7, 11) is 0. The van der Waals surface area contributed by atoms with E-state index in [1.165, 1.54) is 10.6 Å². The monoisotopic (exact) mass is 295 g/mol. The summed E-state index contributed by atoms with van der Waals surface area (Å²) in [6.07, 6.45) is 1.84. The molecule has 2 rings (SSSR count). The van der Waals surface area contributed by atoms with Crippen molar-refractivity contribution in [2.75, 3.05) is 0 Å². The summed E-state index contributed by atoms with van der Waals surface area (Å²) in [5.41, 5.74) is 4.20. The first-order chi connectivity index (χ1) is 8.99. The first-order valence-electron chi connectivity index (χ1n) is 6.42. The van der Waals surface area contributed by atoms with Crippen LogP contribution >= 0.6 is 22.7 Å². The maximum atomic E-state index is 5.66. The van der Waals surface area contributed by atoms with Crippen LogP contribution in [0.4, 0.5) is 0 Å². The number of thiazole rings is 1. The molecule has 2 heterocycles. The normalized spacial score (nSPS) is 13.7. The van der Waals surface area contributed by atoms with Crippen LogP contribution in [0.2, 0.25) is 0 Å². The molecule has 2 aromatic rings. The van der Waals surface area contributed by atoms with Gasteiger partial charge in [0.2, 0.25) is 0 Å². The Bertz CT molecular complexity index is 497. The molecule has 0 amide bonds. The van der Waals surface area contributed by atoms with Gasteiger partial charge in [-0.2, -0.15) is 0 Å². The first-order valence-corrected chi connectivity index (χ1v) is 8.18. The van der Waals surface area contributed by atoms with Gasteiger partial charge in [-0.3, -0.25) is 11.3 Å². The van der Waals surface area contributed by atoms with E-state index in [1.807, 2.05) is 0 Å². The van der Waals surface area contributed by atoms with Crippen molar-refractivity contribution in [1.82, 2.24) is 10.4 Å². The van der Waals surface area contributed by atoms with Crippen LogP contribution in [0.1, 0.15) is 36.3 Å². The average molecular weight is 295 g/mol. The van der Waals surface area contributed by atoms with Gasteiger partial charge in [-0.15, -0.1) is 22.7 Å². The average Bonchev–Trinajstić information content (AvgIpc) is 2.98. The van der Waals surface area contributed by atoms with Gasteiger partial charge in [-0.05, 0) is 17.9 Å². The summed E-state index contributed by atoms with van der Waals surface area (Å²) in [5.74, 6) is 5.66. The molecule has 2 aromatic heterocycles. The van der Waals surface area contributed by atoms with Crippen LogP contribution in [0, 0.1) is 0 Å². The largest absolute Gasteiger partial charge is 0.271 e. The molecular weight excluding hydrogens is 274 g/mol. The number of hydrogen-bond acceptors (Lipinski definition) is 5. The Morgan fingerprint density at radius 1 is 1.32 bits per heavy atom. The zero-order valence-corrected chi connectivity index (χ0v) is 13.3. The Morgan fingerprint density at radius 2 is 2.11 bits per heavy atom. The van der Waals surface area contributed by atoms with Crippen LogP contribution in [0.3, 0.4) is 0 Å². The van der Waals surface area contributed by atoms with Gasteiger partial charge < -0.3 is 0 Å². The molecule has 1 atom stereocenters. The molecule has 0 aromatic carbocycles. The zero-order chi connectivity index (χ0) is 13.9. The van der Waals surface area contributed by atoms with Gasteiger partial charge >= 0.3 is 0 Å². The molecular formula is C14H21N3S2. The minimum Gasteiger partial charge on any atom is -0.271 e. The molecule has 0 saturated carbocycles. The molecule has 0 saturated heterocycles. The Balaban J connectivity index is 2.00. The van der Waals surface area contributed by atoms with Gasteiger partial charge in [-0.25, -0.2) is 4.98 Å². The minimum atomic E-state index is 0.119. The summed E-state index contributed by atoms with van der Waals surface area (Å²) >= 11 is 3.50. The van der Waals surface area contributed by atoms with Crippen molar-refractivity contribution in [3.8, 4) is 0 Å². The van der Waals surface area contributed by atoms with E-state index in [0.29, 0.717) is 0 Å². The number of rotatable bonds is 5. The first kappa shape index (κ1) is 14.7. The standard InChI is InChI=1S/C14H21N3S2/c1-14(2,3)12-9-19-13(16-12)8-10(17-15)7-11-5-4-6-18-11/h4-6,9-10,17H,7-8,15H2,1-3H3. The summed E-state index contributed by atoms with van der Waals surface area (Å²) < 4.78 is 0. The lowest BCUT2D eigenvalue weighted by Gasteiger charge is -2.15. The van der Waals surface area contributed by atoms with Gasteiger partial charge in [0.1, 0.15) is 0 Å². The fraction of sp³-hybridized carbons (Fsp3) is 0.500. The van der Waals surface area contributed by atoms with Crippen molar-refractivity contribution in [1.29, 1.82) is 0 Å². The Morgan fingerprint density at radius 3 is 2.63 bits per heavy atom. The Labute approximate surface area is 122 Å². The van der Waals surface area contributed by atoms with E-state index in [0.717, 1.165) is 17.8 Å². The van der Waals surface area contributed by atoms with Crippen molar-refractivity contribution in [3.05, 3.63) is 38.5 Å². The highest BCUT2D eigenvalue weighted by Crippen LogP contribution is 2.24. The molecule has 0 fully saturated rings. The van der Waals surface area contributed by atoms with Crippen molar-refractivity contribution in [2.24, 2.45) is 5.84 Å². The lowest BCUT2D eigenvalue weighted by Crippen LogP contribution is -2.38. The highest BCUT2D eigenvalue weighted by molar-refractivity contribution is 7.10. The summed E-state index contributed by atoms with van der Waals surface area (Å²) in [5, 5.41) is 5.42. The van der Waals surface area contributed by atoms with Crippen LogP contribution in [0.25, 0.3) is 0 Å². The lowest BCUT2D eigenvalue weighted by molar-refractivity contribution is 0.520. The van der Waals surface area contributed by atoms with Gasteiger partial charge in [0.05, 0.1) is 10.7 Å². The van der Waals surface area contributed by atoms with E-state index >= 15 is 0 Å². The molecule has 19 heavy (non-hydrogen) atoms. The summed E-state index contributed by atoms with van der Waals surface area (Å²) in [6.45, 7) is 6.57. The second kappa shape index (κ2) is 6.13. The Hall–Kier alpha value is -0.750. The van der Waals surface area contributed by atoms with Crippen LogP contribution < -0.4 is 11.3 Å². The number of hydrazine groups is 1. The SMILES string of the molecule is CC(C)(C)c1csc(CC(Cc2cccs2)NN)n1. The fourth-order valence-electron chi connectivity index (χ4n) is 1.82. The predicted molar refractivity (Wildman–Crippen MR) is 83.7 cm³/mol. The summed E-state index contributed by atoms with van der Waals surface area (Å²) in [6, 6.07) is 4.48. The third kappa shape index (κ3) is 4.11. The molecule has 0 aliphatic heterocycles. The second-order valence-electron chi connectivity index (χ2n) is 5.73. The molecule has 3 N–H and O–H groups in total. The number of nitrogens with one attached hydrogen (secondary N) is 1. The molecule has 0 bridgehead atoms. The predicted octanol–water partition coefficient (Wildman–Crippen LogP) is 3.12. The molecule has 5 heteroatoms. The topological polar surface area (TPSA) is 50.9 Å². The molecule has 0 spiro atoms. The van der Waals surface area contributed by atoms with Gasteiger partial charge in [0.25, 0.3) is 0 Å². The number of nitrogens with zero attached hydrogens (tertiary/aromatic N) is 1. The number of nitrogens with two attached hydrogens (primary N) is 1. The van der Waals surface area contributed by atoms with Crippen LogP contribution in [-0.4, -0.2) is 11.0 Å². The van der Waals surface area contributed by atoms with E-state index in [1.54, 1.807) is 22.7 Å². The highest BCUT2D eigenvalue weighted by atomic mass is 32.1. The van der Waals surface area contributed by atoms with Crippen molar-refractivity contribution < 1.29 is 0 Å². The highest BCUT2D eigenvalue weighted by Gasteiger charge is 2.19. The molecule has 1 unspecified atom stereocenters. The van der Waals surface area contributed by atoms with E-state index in [-0.39, 0.29) is 11.5 Å². The van der Waals surface area contributed by atoms with Crippen LogP contribution in [-0.2, 0) is 18.3 Å². The molecule has 3 nitrogen and oxygen atoms in total. The van der Waals surface area contributed by atoms with E-state index in [4.69, 9.17) is 10.8 Å². The third-order valence-corrected chi connectivity index (χ3v) is 4.77. The molecule has 0 aliphatic carbocycles. The fourth-order valence-corrected chi connectivity index (χ4v) is 3.71. The molecule has 104 valence electrons. The van der Waals surface area contributed by atoms with Gasteiger partial charge in [0, 0.05) is 28.1 Å². The summed E-state index contributed by atoms with van der Waals surface area (Å²) in [4.78, 5) is 6.08. The van der Waals surface area contributed by atoms with Gasteiger partial charge in [0.15, 0.2) is 0 Å². The third-order valence-electron chi connectivity index (χ3n) is 3.00. The van der Waals surface area contributed by atoms with Crippen molar-refractivity contribution in [3.63, 3.8) is 0 Å². The number of thiophene rings is 1. The maximum absolute atomic E-state index is 5.66. The minimum absolute atomic E-state index is 0.119. The molecule has 0 aliphatic rings. The van der Waals surface area contributed by atoms with Crippen molar-refractivity contribution in [2.45, 2.75) is 45.1 Å². The van der Waals surface area contributed by atoms with E-state index < -0.39 is 0 Å². The number of hydrogen-bond donors (Lipinski definition) is 2. The molecule has 0 radical (unpaired) electrons. The van der Waals surface area contributed by atoms with Gasteiger partial charge in [-0.1, -0.05) is 26.8 Å². The Kier molecular flexibility index (Phi) is 4.73. The van der Waals surface area contributed by atoms with Crippen LogP contribution in [0.5, 0.6) is 0 Å². The van der Waals surface area contributed by atoms with E-state index in [9.17, 15) is 0 Å².